The van der Waals surface area contributed by atoms with Crippen LogP contribution in [0.5, 0.6) is 5.75 Å². The number of nitrogens with zero attached hydrogens (tertiary/aromatic N) is 1. The smallest absolute Gasteiger partial charge is 0.251 e. The Bertz CT molecular complexity index is 879. The highest BCUT2D eigenvalue weighted by Gasteiger charge is 2.12. The summed E-state index contributed by atoms with van der Waals surface area (Å²) in [5.74, 6) is 0.665. The topological polar surface area (TPSA) is 82.7 Å². The van der Waals surface area contributed by atoms with E-state index in [-0.39, 0.29) is 18.2 Å². The highest BCUT2D eigenvalue weighted by molar-refractivity contribution is 6.01. The molecular formula is C26H36N4O3. The third kappa shape index (κ3) is 8.61. The van der Waals surface area contributed by atoms with Gasteiger partial charge in [-0.3, -0.25) is 9.59 Å². The van der Waals surface area contributed by atoms with E-state index in [0.29, 0.717) is 30.8 Å². The van der Waals surface area contributed by atoms with Crippen molar-refractivity contribution in [3.05, 3.63) is 65.2 Å². The van der Waals surface area contributed by atoms with Crippen molar-refractivity contribution in [3.63, 3.8) is 0 Å². The van der Waals surface area contributed by atoms with Gasteiger partial charge in [0.1, 0.15) is 5.75 Å². The number of hydrogen-bond acceptors (Lipinski definition) is 6. The minimum absolute atomic E-state index is 0.00412. The molecule has 178 valence electrons. The predicted molar refractivity (Wildman–Crippen MR) is 131 cm³/mol. The summed E-state index contributed by atoms with van der Waals surface area (Å²) < 4.78 is 5.16. The SMILES string of the molecule is COc1ccc(CNCCNC(=O)c2cccc(C(=O)CNCCN3CCCCC3)c2)cc1. The minimum atomic E-state index is -0.172. The fraction of sp³-hybridized carbons (Fsp3) is 0.462. The molecule has 0 unspecified atom stereocenters. The monoisotopic (exact) mass is 452 g/mol. The molecule has 7 heteroatoms. The highest BCUT2D eigenvalue weighted by Crippen LogP contribution is 2.11. The maximum atomic E-state index is 12.5. The molecule has 0 spiro atoms. The van der Waals surface area contributed by atoms with E-state index < -0.39 is 0 Å². The number of ketones is 1. The van der Waals surface area contributed by atoms with Crippen LogP contribution < -0.4 is 20.7 Å². The molecule has 0 aromatic heterocycles. The molecule has 1 fully saturated rings. The highest BCUT2D eigenvalue weighted by atomic mass is 16.5. The van der Waals surface area contributed by atoms with Gasteiger partial charge in [-0.1, -0.05) is 30.7 Å². The van der Waals surface area contributed by atoms with Gasteiger partial charge in [-0.05, 0) is 55.8 Å². The molecule has 1 aliphatic rings. The normalized spacial score (nSPS) is 14.1. The Labute approximate surface area is 196 Å². The summed E-state index contributed by atoms with van der Waals surface area (Å²) in [6.07, 6.45) is 3.87. The summed E-state index contributed by atoms with van der Waals surface area (Å²) in [6, 6.07) is 14.8. The Morgan fingerprint density at radius 3 is 2.42 bits per heavy atom. The molecule has 3 rings (SSSR count). The van der Waals surface area contributed by atoms with Crippen molar-refractivity contribution >= 4 is 11.7 Å². The summed E-state index contributed by atoms with van der Waals surface area (Å²) in [7, 11) is 1.65. The van der Waals surface area contributed by atoms with Gasteiger partial charge < -0.3 is 25.6 Å². The fourth-order valence-corrected chi connectivity index (χ4v) is 3.90. The number of ether oxygens (including phenoxy) is 1. The molecule has 7 nitrogen and oxygen atoms in total. The fourth-order valence-electron chi connectivity index (χ4n) is 3.90. The van der Waals surface area contributed by atoms with Crippen molar-refractivity contribution in [2.75, 3.05) is 52.9 Å². The van der Waals surface area contributed by atoms with Gasteiger partial charge in [-0.15, -0.1) is 0 Å². The summed E-state index contributed by atoms with van der Waals surface area (Å²) in [5.41, 5.74) is 2.22. The quantitative estimate of drug-likeness (QED) is 0.320. The molecule has 1 saturated heterocycles. The number of rotatable bonds is 13. The molecule has 0 saturated carbocycles. The van der Waals surface area contributed by atoms with Gasteiger partial charge in [0.25, 0.3) is 5.91 Å². The Kier molecular flexibility index (Phi) is 10.4. The van der Waals surface area contributed by atoms with Crippen molar-refractivity contribution in [1.29, 1.82) is 0 Å². The zero-order chi connectivity index (χ0) is 23.3. The number of amides is 1. The average Bonchev–Trinajstić information content (AvgIpc) is 2.87. The van der Waals surface area contributed by atoms with Crippen LogP contribution in [0, 0.1) is 0 Å². The first kappa shape index (κ1) is 24.9. The van der Waals surface area contributed by atoms with Gasteiger partial charge in [0.2, 0.25) is 0 Å². The number of benzene rings is 2. The van der Waals surface area contributed by atoms with E-state index >= 15 is 0 Å². The second-order valence-electron chi connectivity index (χ2n) is 8.36. The first-order valence-electron chi connectivity index (χ1n) is 11.8. The van der Waals surface area contributed by atoms with Gasteiger partial charge >= 0.3 is 0 Å². The number of methoxy groups -OCH3 is 1. The molecule has 33 heavy (non-hydrogen) atoms. The number of carbonyl (C=O) groups excluding carboxylic acids is 2. The molecule has 1 heterocycles. The molecule has 0 aliphatic carbocycles. The lowest BCUT2D eigenvalue weighted by Crippen LogP contribution is -2.37. The minimum Gasteiger partial charge on any atom is -0.497 e. The predicted octanol–water partition coefficient (Wildman–Crippen LogP) is 2.47. The number of piperidine rings is 1. The molecule has 0 atom stereocenters. The molecule has 2 aromatic carbocycles. The standard InChI is InChI=1S/C26H36N4O3/c1-33-24-10-8-21(9-11-24)19-27-12-13-29-26(32)23-7-5-6-22(18-23)25(31)20-28-14-17-30-15-3-2-4-16-30/h5-11,18,27-28H,2-4,12-17,19-20H2,1H3,(H,29,32). The van der Waals surface area contributed by atoms with Crippen LogP contribution in [-0.2, 0) is 6.54 Å². The maximum Gasteiger partial charge on any atom is 0.251 e. The third-order valence-corrected chi connectivity index (χ3v) is 5.86. The third-order valence-electron chi connectivity index (χ3n) is 5.86. The van der Waals surface area contributed by atoms with Crippen molar-refractivity contribution < 1.29 is 14.3 Å². The van der Waals surface area contributed by atoms with Crippen LogP contribution in [0.1, 0.15) is 45.5 Å². The van der Waals surface area contributed by atoms with E-state index in [0.717, 1.165) is 37.5 Å². The summed E-state index contributed by atoms with van der Waals surface area (Å²) in [4.78, 5) is 27.4. The van der Waals surface area contributed by atoms with Crippen LogP contribution in [0.2, 0.25) is 0 Å². The van der Waals surface area contributed by atoms with Crippen molar-refractivity contribution in [2.45, 2.75) is 25.8 Å². The molecule has 0 radical (unpaired) electrons. The van der Waals surface area contributed by atoms with Gasteiger partial charge in [-0.25, -0.2) is 0 Å². The van der Waals surface area contributed by atoms with Crippen LogP contribution in [0.15, 0.2) is 48.5 Å². The van der Waals surface area contributed by atoms with E-state index in [1.165, 1.54) is 19.3 Å². The second-order valence-corrected chi connectivity index (χ2v) is 8.36. The van der Waals surface area contributed by atoms with Crippen LogP contribution >= 0.6 is 0 Å². The first-order chi connectivity index (χ1) is 16.2. The molecular weight excluding hydrogens is 416 g/mol. The zero-order valence-electron chi connectivity index (χ0n) is 19.6. The lowest BCUT2D eigenvalue weighted by atomic mass is 10.1. The van der Waals surface area contributed by atoms with Gasteiger partial charge in [0.05, 0.1) is 13.7 Å². The number of nitrogens with one attached hydrogen (secondary N) is 3. The average molecular weight is 453 g/mol. The largest absolute Gasteiger partial charge is 0.497 e. The number of likely N-dealkylation sites (tertiary alicyclic amines) is 1. The van der Waals surface area contributed by atoms with E-state index in [2.05, 4.69) is 20.9 Å². The lowest BCUT2D eigenvalue weighted by molar-refractivity contribution is 0.0954. The van der Waals surface area contributed by atoms with Crippen LogP contribution in [0.4, 0.5) is 0 Å². The summed E-state index contributed by atoms with van der Waals surface area (Å²) in [5, 5.41) is 9.45. The summed E-state index contributed by atoms with van der Waals surface area (Å²) >= 11 is 0. The van der Waals surface area contributed by atoms with Crippen LogP contribution in [0.25, 0.3) is 0 Å². The maximum absolute atomic E-state index is 12.5. The molecule has 2 aromatic rings. The van der Waals surface area contributed by atoms with Crippen LogP contribution in [0.3, 0.4) is 0 Å². The lowest BCUT2D eigenvalue weighted by Gasteiger charge is -2.26. The van der Waals surface area contributed by atoms with E-state index in [1.807, 2.05) is 24.3 Å². The number of carbonyl (C=O) groups is 2. The van der Waals surface area contributed by atoms with Crippen molar-refractivity contribution in [2.24, 2.45) is 0 Å². The molecule has 3 N–H and O–H groups in total. The van der Waals surface area contributed by atoms with Crippen molar-refractivity contribution in [3.8, 4) is 5.75 Å². The number of Topliss-reactive ketones (excluding diaryl/α,β-unsaturated/α-hetero) is 1. The molecule has 1 amide bonds. The second kappa shape index (κ2) is 13.7. The zero-order valence-corrected chi connectivity index (χ0v) is 19.6. The van der Waals surface area contributed by atoms with E-state index in [9.17, 15) is 9.59 Å². The Morgan fingerprint density at radius 2 is 1.67 bits per heavy atom. The number of hydrogen-bond donors (Lipinski definition) is 3. The van der Waals surface area contributed by atoms with Crippen molar-refractivity contribution in [1.82, 2.24) is 20.9 Å². The van der Waals surface area contributed by atoms with Gasteiger partial charge in [0.15, 0.2) is 5.78 Å². The Morgan fingerprint density at radius 1 is 0.909 bits per heavy atom. The first-order valence-corrected chi connectivity index (χ1v) is 11.8. The Balaban J connectivity index is 1.34. The van der Waals surface area contributed by atoms with Gasteiger partial charge in [0, 0.05) is 43.9 Å². The van der Waals surface area contributed by atoms with E-state index in [1.54, 1.807) is 31.4 Å². The molecule has 1 aliphatic heterocycles. The summed E-state index contributed by atoms with van der Waals surface area (Å²) in [6.45, 7) is 6.25. The van der Waals surface area contributed by atoms with E-state index in [4.69, 9.17) is 4.74 Å². The Hall–Kier alpha value is -2.74. The van der Waals surface area contributed by atoms with Crippen LogP contribution in [-0.4, -0.2) is 69.5 Å². The molecule has 0 bridgehead atoms. The van der Waals surface area contributed by atoms with Gasteiger partial charge in [-0.2, -0.15) is 0 Å².